The first-order valence-electron chi connectivity index (χ1n) is 7.64. The fourth-order valence-electron chi connectivity index (χ4n) is 2.16. The summed E-state index contributed by atoms with van der Waals surface area (Å²) in [6, 6.07) is 12.0. The minimum absolute atomic E-state index is 0.0903. The van der Waals surface area contributed by atoms with Gasteiger partial charge in [-0.2, -0.15) is 4.98 Å². The van der Waals surface area contributed by atoms with Crippen molar-refractivity contribution in [1.82, 2.24) is 10.1 Å². The number of esters is 1. The quantitative estimate of drug-likeness (QED) is 0.706. The number of nitrogens with one attached hydrogen (secondary N) is 1. The molecule has 0 spiro atoms. The van der Waals surface area contributed by atoms with Crippen molar-refractivity contribution in [1.29, 1.82) is 0 Å². The molecule has 0 aliphatic heterocycles. The van der Waals surface area contributed by atoms with E-state index in [1.165, 1.54) is 37.3 Å². The van der Waals surface area contributed by atoms with Crippen LogP contribution in [-0.4, -0.2) is 22.0 Å². The van der Waals surface area contributed by atoms with Crippen LogP contribution in [0.3, 0.4) is 0 Å². The van der Waals surface area contributed by atoms with Crippen LogP contribution in [0.5, 0.6) is 0 Å². The maximum absolute atomic E-state index is 13.2. The molecule has 0 saturated carbocycles. The Morgan fingerprint density at radius 3 is 2.65 bits per heavy atom. The number of amides is 1. The Morgan fingerprint density at radius 2 is 1.96 bits per heavy atom. The fourth-order valence-corrected chi connectivity index (χ4v) is 2.16. The topological polar surface area (TPSA) is 94.3 Å². The highest BCUT2D eigenvalue weighted by Crippen LogP contribution is 2.17. The van der Waals surface area contributed by atoms with Gasteiger partial charge in [-0.05, 0) is 36.4 Å². The lowest BCUT2D eigenvalue weighted by atomic mass is 10.2. The lowest BCUT2D eigenvalue weighted by Gasteiger charge is -2.04. The van der Waals surface area contributed by atoms with Crippen LogP contribution in [0.1, 0.15) is 23.2 Å². The third-order valence-corrected chi connectivity index (χ3v) is 3.32. The van der Waals surface area contributed by atoms with Crippen molar-refractivity contribution in [3.63, 3.8) is 0 Å². The summed E-state index contributed by atoms with van der Waals surface area (Å²) in [7, 11) is 0. The third kappa shape index (κ3) is 4.29. The molecular weight excluding hydrogens is 341 g/mol. The molecule has 26 heavy (non-hydrogen) atoms. The van der Waals surface area contributed by atoms with Gasteiger partial charge >= 0.3 is 5.97 Å². The Bertz CT molecular complexity index is 938. The van der Waals surface area contributed by atoms with E-state index in [1.54, 1.807) is 18.2 Å². The molecule has 1 amide bonds. The highest BCUT2D eigenvalue weighted by molar-refractivity contribution is 5.92. The minimum Gasteiger partial charge on any atom is -0.452 e. The predicted molar refractivity (Wildman–Crippen MR) is 89.6 cm³/mol. The lowest BCUT2D eigenvalue weighted by molar-refractivity contribution is -0.114. The van der Waals surface area contributed by atoms with Gasteiger partial charge in [0.25, 0.3) is 5.89 Å². The van der Waals surface area contributed by atoms with Gasteiger partial charge in [0.2, 0.25) is 11.7 Å². The first kappa shape index (κ1) is 17.3. The number of carbonyl (C=O) groups is 2. The van der Waals surface area contributed by atoms with Crippen LogP contribution in [-0.2, 0) is 16.1 Å². The van der Waals surface area contributed by atoms with Crippen LogP contribution < -0.4 is 5.32 Å². The third-order valence-electron chi connectivity index (χ3n) is 3.32. The molecule has 1 heterocycles. The van der Waals surface area contributed by atoms with Gasteiger partial charge in [-0.3, -0.25) is 4.79 Å². The van der Waals surface area contributed by atoms with Gasteiger partial charge in [-0.15, -0.1) is 0 Å². The number of hydrogen-bond donors (Lipinski definition) is 1. The number of nitrogens with zero attached hydrogens (tertiary/aromatic N) is 2. The maximum atomic E-state index is 13.2. The van der Waals surface area contributed by atoms with Crippen LogP contribution in [0.25, 0.3) is 11.4 Å². The minimum atomic E-state index is -0.579. The molecule has 0 bridgehead atoms. The molecule has 0 atom stereocenters. The summed E-state index contributed by atoms with van der Waals surface area (Å²) in [4.78, 5) is 27.1. The Morgan fingerprint density at radius 1 is 1.19 bits per heavy atom. The number of hydrogen-bond acceptors (Lipinski definition) is 6. The number of anilines is 1. The average Bonchev–Trinajstić information content (AvgIpc) is 3.09. The number of rotatable bonds is 5. The van der Waals surface area contributed by atoms with Crippen LogP contribution in [0, 0.1) is 5.82 Å². The SMILES string of the molecule is CC(=O)Nc1ccc(C(=O)OCc2nc(-c3cccc(F)c3)no2)cc1. The Balaban J connectivity index is 1.60. The Labute approximate surface area is 147 Å². The summed E-state index contributed by atoms with van der Waals surface area (Å²) in [5.41, 5.74) is 1.34. The molecule has 0 saturated heterocycles. The first-order chi connectivity index (χ1) is 12.5. The zero-order chi connectivity index (χ0) is 18.5. The molecule has 0 aliphatic rings. The number of ether oxygens (including phenoxy) is 1. The van der Waals surface area contributed by atoms with Crippen molar-refractivity contribution in [2.45, 2.75) is 13.5 Å². The van der Waals surface area contributed by atoms with Gasteiger partial charge in [0, 0.05) is 18.2 Å². The van der Waals surface area contributed by atoms with Gasteiger partial charge in [0.05, 0.1) is 5.56 Å². The molecule has 8 heteroatoms. The van der Waals surface area contributed by atoms with Crippen LogP contribution >= 0.6 is 0 Å². The van der Waals surface area contributed by atoms with E-state index in [0.717, 1.165) is 0 Å². The van der Waals surface area contributed by atoms with E-state index >= 15 is 0 Å². The zero-order valence-corrected chi connectivity index (χ0v) is 13.7. The summed E-state index contributed by atoms with van der Waals surface area (Å²) in [6.45, 7) is 1.18. The molecule has 1 N–H and O–H groups in total. The van der Waals surface area contributed by atoms with Crippen molar-refractivity contribution >= 4 is 17.6 Å². The Hall–Kier alpha value is -3.55. The second kappa shape index (κ2) is 7.56. The highest BCUT2D eigenvalue weighted by Gasteiger charge is 2.13. The second-order valence-electron chi connectivity index (χ2n) is 5.36. The summed E-state index contributed by atoms with van der Waals surface area (Å²) in [5, 5.41) is 6.33. The molecule has 132 valence electrons. The molecular formula is C18H14FN3O4. The highest BCUT2D eigenvalue weighted by atomic mass is 19.1. The van der Waals surface area contributed by atoms with E-state index in [-0.39, 0.29) is 24.2 Å². The predicted octanol–water partition coefficient (Wildman–Crippen LogP) is 3.19. The van der Waals surface area contributed by atoms with Gasteiger partial charge in [-0.1, -0.05) is 17.3 Å². The standard InChI is InChI=1S/C18H14FN3O4/c1-11(23)20-15-7-5-12(6-8-15)18(24)25-10-16-21-17(22-26-16)13-3-2-4-14(19)9-13/h2-9H,10H2,1H3,(H,20,23). The number of carbonyl (C=O) groups excluding carboxylic acids is 2. The molecule has 2 aromatic carbocycles. The molecule has 3 aromatic rings. The second-order valence-corrected chi connectivity index (χ2v) is 5.36. The molecule has 1 aromatic heterocycles. The van der Waals surface area contributed by atoms with E-state index in [9.17, 15) is 14.0 Å². The fraction of sp³-hybridized carbons (Fsp3) is 0.111. The molecule has 0 aliphatic carbocycles. The molecule has 0 fully saturated rings. The van der Waals surface area contributed by atoms with Gasteiger partial charge < -0.3 is 14.6 Å². The molecule has 3 rings (SSSR count). The van der Waals surface area contributed by atoms with Crippen LogP contribution in [0.15, 0.2) is 53.1 Å². The average molecular weight is 355 g/mol. The number of halogens is 1. The number of aromatic nitrogens is 2. The molecule has 0 unspecified atom stereocenters. The van der Waals surface area contributed by atoms with Crippen molar-refractivity contribution in [3.05, 3.63) is 65.8 Å². The van der Waals surface area contributed by atoms with E-state index < -0.39 is 11.8 Å². The lowest BCUT2D eigenvalue weighted by Crippen LogP contribution is -2.08. The summed E-state index contributed by atoms with van der Waals surface area (Å²) in [5.74, 6) is -0.902. The maximum Gasteiger partial charge on any atom is 0.338 e. The summed E-state index contributed by atoms with van der Waals surface area (Å²) in [6.07, 6.45) is 0. The van der Waals surface area contributed by atoms with Crippen molar-refractivity contribution in [2.75, 3.05) is 5.32 Å². The van der Waals surface area contributed by atoms with E-state index in [1.807, 2.05) is 0 Å². The largest absolute Gasteiger partial charge is 0.452 e. The van der Waals surface area contributed by atoms with Crippen LogP contribution in [0.4, 0.5) is 10.1 Å². The van der Waals surface area contributed by atoms with Gasteiger partial charge in [0.1, 0.15) is 5.82 Å². The van der Waals surface area contributed by atoms with Gasteiger partial charge in [0.15, 0.2) is 6.61 Å². The smallest absolute Gasteiger partial charge is 0.338 e. The normalized spacial score (nSPS) is 10.4. The molecule has 7 nitrogen and oxygen atoms in total. The van der Waals surface area contributed by atoms with Crippen molar-refractivity contribution in [3.8, 4) is 11.4 Å². The van der Waals surface area contributed by atoms with E-state index in [0.29, 0.717) is 16.8 Å². The molecule has 0 radical (unpaired) electrons. The number of benzene rings is 2. The van der Waals surface area contributed by atoms with E-state index in [2.05, 4.69) is 15.5 Å². The Kier molecular flexibility index (Phi) is 5.02. The monoisotopic (exact) mass is 355 g/mol. The zero-order valence-electron chi connectivity index (χ0n) is 13.7. The van der Waals surface area contributed by atoms with Crippen LogP contribution in [0.2, 0.25) is 0 Å². The van der Waals surface area contributed by atoms with Gasteiger partial charge in [-0.25, -0.2) is 9.18 Å². The summed E-state index contributed by atoms with van der Waals surface area (Å²) >= 11 is 0. The first-order valence-corrected chi connectivity index (χ1v) is 7.64. The van der Waals surface area contributed by atoms with Crippen molar-refractivity contribution < 1.29 is 23.2 Å². The summed E-state index contributed by atoms with van der Waals surface area (Å²) < 4.78 is 23.3. The van der Waals surface area contributed by atoms with E-state index in [4.69, 9.17) is 9.26 Å². The van der Waals surface area contributed by atoms with Crippen molar-refractivity contribution in [2.24, 2.45) is 0 Å².